The molecule has 1 aromatic rings. The molecular weight excluding hydrogens is 272 g/mol. The van der Waals surface area contributed by atoms with E-state index in [1.54, 1.807) is 4.90 Å². The zero-order valence-corrected chi connectivity index (χ0v) is 12.3. The number of carbonyl (C=O) groups excluding carboxylic acids is 1. The normalized spacial score (nSPS) is 17.0. The van der Waals surface area contributed by atoms with Crippen molar-refractivity contribution in [2.24, 2.45) is 5.41 Å². The predicted molar refractivity (Wildman–Crippen MR) is 78.8 cm³/mol. The fraction of sp³-hybridized carbons (Fsp3) is 0.571. The van der Waals surface area contributed by atoms with Gasteiger partial charge in [0.2, 0.25) is 0 Å². The third kappa shape index (κ3) is 2.81. The van der Waals surface area contributed by atoms with Gasteiger partial charge in [-0.2, -0.15) is 0 Å². The van der Waals surface area contributed by atoms with Crippen LogP contribution in [0.5, 0.6) is 0 Å². The standard InChI is InChI=1S/C14H20N4O3/c1-3-14(4-2)5-6-17(9-14)13(19)11-7-10(18(20)21)8-16-12(11)15/h7-8H,3-6,9H2,1-2H3,(H2,15,16). The van der Waals surface area contributed by atoms with Crippen LogP contribution >= 0.6 is 0 Å². The summed E-state index contributed by atoms with van der Waals surface area (Å²) in [5, 5.41) is 10.8. The van der Waals surface area contributed by atoms with Gasteiger partial charge in [0.05, 0.1) is 10.5 Å². The highest BCUT2D eigenvalue weighted by Gasteiger charge is 2.38. The molecule has 1 aliphatic heterocycles. The summed E-state index contributed by atoms with van der Waals surface area (Å²) in [5.41, 5.74) is 5.76. The Hall–Kier alpha value is -2.18. The lowest BCUT2D eigenvalue weighted by Crippen LogP contribution is -2.32. The Morgan fingerprint density at radius 2 is 2.19 bits per heavy atom. The number of nitro groups is 1. The smallest absolute Gasteiger partial charge is 0.288 e. The summed E-state index contributed by atoms with van der Waals surface area (Å²) in [6.07, 6.45) is 4.04. The molecule has 21 heavy (non-hydrogen) atoms. The van der Waals surface area contributed by atoms with Crippen LogP contribution in [-0.2, 0) is 0 Å². The van der Waals surface area contributed by atoms with E-state index in [2.05, 4.69) is 18.8 Å². The summed E-state index contributed by atoms with van der Waals surface area (Å²) in [5.74, 6) is -0.233. The summed E-state index contributed by atoms with van der Waals surface area (Å²) in [6.45, 7) is 5.57. The molecule has 0 radical (unpaired) electrons. The van der Waals surface area contributed by atoms with Gasteiger partial charge in [0.15, 0.2) is 0 Å². The van der Waals surface area contributed by atoms with Crippen LogP contribution in [0.3, 0.4) is 0 Å². The van der Waals surface area contributed by atoms with Crippen molar-refractivity contribution in [3.05, 3.63) is 27.9 Å². The molecule has 7 heteroatoms. The third-order valence-corrected chi connectivity index (χ3v) is 4.57. The van der Waals surface area contributed by atoms with Crippen LogP contribution in [0.4, 0.5) is 11.5 Å². The second kappa shape index (κ2) is 5.67. The molecule has 114 valence electrons. The zero-order valence-electron chi connectivity index (χ0n) is 12.3. The van der Waals surface area contributed by atoms with E-state index in [1.165, 1.54) is 6.07 Å². The first kappa shape index (κ1) is 15.2. The van der Waals surface area contributed by atoms with E-state index >= 15 is 0 Å². The summed E-state index contributed by atoms with van der Waals surface area (Å²) in [4.78, 5) is 28.3. The molecule has 0 aliphatic carbocycles. The number of aromatic nitrogens is 1. The molecule has 0 bridgehead atoms. The Bertz CT molecular complexity index is 569. The number of nitrogens with zero attached hydrogens (tertiary/aromatic N) is 3. The number of hydrogen-bond acceptors (Lipinski definition) is 5. The van der Waals surface area contributed by atoms with E-state index in [0.29, 0.717) is 13.1 Å². The second-order valence-corrected chi connectivity index (χ2v) is 5.57. The Morgan fingerprint density at radius 1 is 1.52 bits per heavy atom. The van der Waals surface area contributed by atoms with Gasteiger partial charge in [-0.1, -0.05) is 13.8 Å². The fourth-order valence-corrected chi connectivity index (χ4v) is 2.84. The van der Waals surface area contributed by atoms with Gasteiger partial charge < -0.3 is 10.6 Å². The van der Waals surface area contributed by atoms with E-state index in [-0.39, 0.29) is 28.4 Å². The number of rotatable bonds is 4. The van der Waals surface area contributed by atoms with Crippen molar-refractivity contribution in [3.63, 3.8) is 0 Å². The summed E-state index contributed by atoms with van der Waals surface area (Å²) >= 11 is 0. The van der Waals surface area contributed by atoms with E-state index < -0.39 is 4.92 Å². The molecule has 0 atom stereocenters. The highest BCUT2D eigenvalue weighted by atomic mass is 16.6. The molecular formula is C14H20N4O3. The lowest BCUT2D eigenvalue weighted by atomic mass is 9.82. The van der Waals surface area contributed by atoms with E-state index in [0.717, 1.165) is 25.5 Å². The lowest BCUT2D eigenvalue weighted by molar-refractivity contribution is -0.385. The van der Waals surface area contributed by atoms with Crippen molar-refractivity contribution < 1.29 is 9.72 Å². The Kier molecular flexibility index (Phi) is 4.11. The minimum Gasteiger partial charge on any atom is -0.383 e. The average Bonchev–Trinajstić information content (AvgIpc) is 2.92. The van der Waals surface area contributed by atoms with Crippen molar-refractivity contribution in [1.29, 1.82) is 0 Å². The van der Waals surface area contributed by atoms with E-state index in [1.807, 2.05) is 0 Å². The van der Waals surface area contributed by atoms with Crippen LogP contribution in [0.15, 0.2) is 12.3 Å². The number of carbonyl (C=O) groups is 1. The number of nitrogens with two attached hydrogens (primary N) is 1. The molecule has 0 aromatic carbocycles. The van der Waals surface area contributed by atoms with Crippen molar-refractivity contribution in [2.75, 3.05) is 18.8 Å². The maximum Gasteiger partial charge on any atom is 0.288 e. The number of hydrogen-bond donors (Lipinski definition) is 1. The molecule has 0 unspecified atom stereocenters. The Morgan fingerprint density at radius 3 is 2.71 bits per heavy atom. The summed E-state index contributed by atoms with van der Waals surface area (Å²) < 4.78 is 0. The fourth-order valence-electron chi connectivity index (χ4n) is 2.84. The number of likely N-dealkylation sites (tertiary alicyclic amines) is 1. The summed E-state index contributed by atoms with van der Waals surface area (Å²) in [6, 6.07) is 1.21. The molecule has 2 heterocycles. The van der Waals surface area contributed by atoms with Crippen molar-refractivity contribution in [3.8, 4) is 0 Å². The predicted octanol–water partition coefficient (Wildman–Crippen LogP) is 2.22. The number of anilines is 1. The lowest BCUT2D eigenvalue weighted by Gasteiger charge is -2.26. The molecule has 7 nitrogen and oxygen atoms in total. The maximum absolute atomic E-state index is 12.5. The molecule has 1 amide bonds. The molecule has 1 saturated heterocycles. The van der Waals surface area contributed by atoms with E-state index in [4.69, 9.17) is 5.73 Å². The number of amides is 1. The van der Waals surface area contributed by atoms with Crippen LogP contribution in [0.2, 0.25) is 0 Å². The van der Waals surface area contributed by atoms with Crippen molar-refractivity contribution in [2.45, 2.75) is 33.1 Å². The van der Waals surface area contributed by atoms with Crippen molar-refractivity contribution in [1.82, 2.24) is 9.88 Å². The first-order valence-electron chi connectivity index (χ1n) is 7.11. The van der Waals surface area contributed by atoms with E-state index in [9.17, 15) is 14.9 Å². The van der Waals surface area contributed by atoms with Gasteiger partial charge in [0.1, 0.15) is 12.0 Å². The third-order valence-electron chi connectivity index (χ3n) is 4.57. The van der Waals surface area contributed by atoms with Crippen LogP contribution in [0, 0.1) is 15.5 Å². The minimum atomic E-state index is -0.574. The molecule has 0 saturated carbocycles. The first-order valence-corrected chi connectivity index (χ1v) is 7.11. The molecule has 2 N–H and O–H groups in total. The Balaban J connectivity index is 2.25. The van der Waals surface area contributed by atoms with Gasteiger partial charge in [0, 0.05) is 19.2 Å². The molecule has 2 rings (SSSR count). The monoisotopic (exact) mass is 292 g/mol. The summed E-state index contributed by atoms with van der Waals surface area (Å²) in [7, 11) is 0. The number of pyridine rings is 1. The molecule has 1 aliphatic rings. The van der Waals surface area contributed by atoms with Crippen LogP contribution in [0.1, 0.15) is 43.5 Å². The first-order chi connectivity index (χ1) is 9.92. The minimum absolute atomic E-state index is 0.0381. The highest BCUT2D eigenvalue weighted by Crippen LogP contribution is 2.37. The second-order valence-electron chi connectivity index (χ2n) is 5.57. The quantitative estimate of drug-likeness (QED) is 0.677. The zero-order chi connectivity index (χ0) is 15.6. The van der Waals surface area contributed by atoms with Crippen LogP contribution in [-0.4, -0.2) is 33.8 Å². The largest absolute Gasteiger partial charge is 0.383 e. The van der Waals surface area contributed by atoms with Gasteiger partial charge in [-0.3, -0.25) is 14.9 Å². The van der Waals surface area contributed by atoms with Gasteiger partial charge >= 0.3 is 0 Å². The van der Waals surface area contributed by atoms with Gasteiger partial charge in [-0.05, 0) is 24.7 Å². The molecule has 1 aromatic heterocycles. The van der Waals surface area contributed by atoms with Gasteiger partial charge in [0.25, 0.3) is 11.6 Å². The van der Waals surface area contributed by atoms with Crippen molar-refractivity contribution >= 4 is 17.4 Å². The van der Waals surface area contributed by atoms with Crippen LogP contribution in [0.25, 0.3) is 0 Å². The van der Waals surface area contributed by atoms with Gasteiger partial charge in [-0.25, -0.2) is 4.98 Å². The topological polar surface area (TPSA) is 102 Å². The highest BCUT2D eigenvalue weighted by molar-refractivity contribution is 5.99. The molecule has 1 fully saturated rings. The average molecular weight is 292 g/mol. The van der Waals surface area contributed by atoms with Gasteiger partial charge in [-0.15, -0.1) is 0 Å². The number of nitrogen functional groups attached to an aromatic ring is 1. The SMILES string of the molecule is CCC1(CC)CCN(C(=O)c2cc([N+](=O)[O-])cnc2N)C1. The maximum atomic E-state index is 12.5. The Labute approximate surface area is 123 Å². The molecule has 0 spiro atoms. The van der Waals surface area contributed by atoms with Crippen LogP contribution < -0.4 is 5.73 Å².